The van der Waals surface area contributed by atoms with Gasteiger partial charge < -0.3 is 4.74 Å². The molecule has 0 N–H and O–H groups in total. The molecule has 2 heteroatoms. The molecule has 0 fully saturated rings. The maximum absolute atomic E-state index is 5.14. The largest absolute Gasteiger partial charge is 0.498 e. The van der Waals surface area contributed by atoms with Gasteiger partial charge in [0.2, 0.25) is 0 Å². The molecule has 0 saturated heterocycles. The first kappa shape index (κ1) is 6.57. The minimum absolute atomic E-state index is 0.507. The first-order chi connectivity index (χ1) is 3.41. The lowest BCUT2D eigenvalue weighted by atomic mass is 10.7. The lowest BCUT2D eigenvalue weighted by Gasteiger charge is -1.87. The van der Waals surface area contributed by atoms with Gasteiger partial charge in [0, 0.05) is 5.54 Å². The summed E-state index contributed by atoms with van der Waals surface area (Å²) in [5.74, 6) is 0. The molecule has 0 aromatic carbocycles. The second-order valence-electron chi connectivity index (χ2n) is 0.862. The van der Waals surface area contributed by atoms with E-state index >= 15 is 0 Å². The molecule has 0 aliphatic heterocycles. The summed E-state index contributed by atoms with van der Waals surface area (Å²) in [6, 6.07) is 0. The van der Waals surface area contributed by atoms with Crippen molar-refractivity contribution in [2.75, 3.05) is 6.61 Å². The SMILES string of the molecule is C=COCC=CCl. The molecule has 0 heterocycles. The summed E-state index contributed by atoms with van der Waals surface area (Å²) >= 11 is 5.14. The summed E-state index contributed by atoms with van der Waals surface area (Å²) in [7, 11) is 0. The molecule has 1 nitrogen and oxygen atoms in total. The summed E-state index contributed by atoms with van der Waals surface area (Å²) < 4.78 is 4.67. The molecule has 0 amide bonds. The fourth-order valence-electron chi connectivity index (χ4n) is 0.160. The summed E-state index contributed by atoms with van der Waals surface area (Å²) in [4.78, 5) is 0. The summed E-state index contributed by atoms with van der Waals surface area (Å²) in [6.07, 6.45) is 3.06. The minimum atomic E-state index is 0.507. The maximum Gasteiger partial charge on any atom is 0.107 e. The quantitative estimate of drug-likeness (QED) is 0.406. The molecular formula is C5H7ClO. The predicted molar refractivity (Wildman–Crippen MR) is 31.1 cm³/mol. The Morgan fingerprint density at radius 1 is 1.71 bits per heavy atom. The van der Waals surface area contributed by atoms with Crippen LogP contribution in [0.5, 0.6) is 0 Å². The Bertz CT molecular complexity index is 68.5. The van der Waals surface area contributed by atoms with E-state index in [9.17, 15) is 0 Å². The van der Waals surface area contributed by atoms with Crippen molar-refractivity contribution < 1.29 is 4.74 Å². The Hall–Kier alpha value is -0.430. The Morgan fingerprint density at radius 2 is 2.43 bits per heavy atom. The first-order valence-electron chi connectivity index (χ1n) is 1.89. The van der Waals surface area contributed by atoms with Crippen molar-refractivity contribution in [2.45, 2.75) is 0 Å². The van der Waals surface area contributed by atoms with Crippen molar-refractivity contribution in [3.63, 3.8) is 0 Å². The predicted octanol–water partition coefficient (Wildman–Crippen LogP) is 1.90. The van der Waals surface area contributed by atoms with E-state index in [0.29, 0.717) is 6.61 Å². The van der Waals surface area contributed by atoms with Crippen molar-refractivity contribution in [1.82, 2.24) is 0 Å². The van der Waals surface area contributed by atoms with Crippen LogP contribution in [-0.4, -0.2) is 6.61 Å². The molecule has 0 aromatic heterocycles. The van der Waals surface area contributed by atoms with E-state index in [4.69, 9.17) is 11.6 Å². The zero-order valence-electron chi connectivity index (χ0n) is 3.93. The lowest BCUT2D eigenvalue weighted by molar-refractivity contribution is 0.291. The van der Waals surface area contributed by atoms with Gasteiger partial charge in [-0.15, -0.1) is 0 Å². The maximum atomic E-state index is 5.14. The fourth-order valence-corrected chi connectivity index (χ4v) is 0.233. The Labute approximate surface area is 48.2 Å². The van der Waals surface area contributed by atoms with Gasteiger partial charge in [0.05, 0.1) is 6.26 Å². The van der Waals surface area contributed by atoms with Crippen LogP contribution in [0, 0.1) is 0 Å². The number of hydrogen-bond acceptors (Lipinski definition) is 1. The molecule has 0 radical (unpaired) electrons. The van der Waals surface area contributed by atoms with Gasteiger partial charge in [0.15, 0.2) is 0 Å². The van der Waals surface area contributed by atoms with Crippen LogP contribution in [0.3, 0.4) is 0 Å². The Kier molecular flexibility index (Phi) is 5.23. The van der Waals surface area contributed by atoms with E-state index in [1.54, 1.807) is 6.08 Å². The highest BCUT2D eigenvalue weighted by Crippen LogP contribution is 1.79. The highest BCUT2D eigenvalue weighted by molar-refractivity contribution is 6.25. The molecule has 40 valence electrons. The molecule has 0 saturated carbocycles. The van der Waals surface area contributed by atoms with Gasteiger partial charge in [-0.2, -0.15) is 0 Å². The van der Waals surface area contributed by atoms with Crippen molar-refractivity contribution in [3.05, 3.63) is 24.5 Å². The molecule has 0 aromatic rings. The highest BCUT2D eigenvalue weighted by Gasteiger charge is 1.66. The van der Waals surface area contributed by atoms with Gasteiger partial charge >= 0.3 is 0 Å². The monoisotopic (exact) mass is 118 g/mol. The van der Waals surface area contributed by atoms with Crippen LogP contribution in [0.4, 0.5) is 0 Å². The van der Waals surface area contributed by atoms with E-state index in [0.717, 1.165) is 0 Å². The lowest BCUT2D eigenvalue weighted by Crippen LogP contribution is -1.76. The summed E-state index contributed by atoms with van der Waals surface area (Å²) in [5, 5.41) is 0. The highest BCUT2D eigenvalue weighted by atomic mass is 35.5. The van der Waals surface area contributed by atoms with E-state index in [2.05, 4.69) is 11.3 Å². The van der Waals surface area contributed by atoms with Gasteiger partial charge in [-0.25, -0.2) is 0 Å². The van der Waals surface area contributed by atoms with Gasteiger partial charge in [-0.3, -0.25) is 0 Å². The normalized spacial score (nSPS) is 9.29. The molecule has 0 rings (SSSR count). The zero-order chi connectivity index (χ0) is 5.54. The van der Waals surface area contributed by atoms with Gasteiger partial charge in [-0.1, -0.05) is 18.2 Å². The van der Waals surface area contributed by atoms with Crippen LogP contribution in [0.25, 0.3) is 0 Å². The van der Waals surface area contributed by atoms with Crippen molar-refractivity contribution in [1.29, 1.82) is 0 Å². The molecule has 0 aliphatic carbocycles. The van der Waals surface area contributed by atoms with E-state index in [1.165, 1.54) is 11.8 Å². The third-order valence-corrected chi connectivity index (χ3v) is 0.578. The van der Waals surface area contributed by atoms with Crippen LogP contribution in [0.2, 0.25) is 0 Å². The molecule has 0 spiro atoms. The zero-order valence-corrected chi connectivity index (χ0v) is 4.69. The minimum Gasteiger partial charge on any atom is -0.498 e. The average Bonchev–Trinajstić information content (AvgIpc) is 1.69. The van der Waals surface area contributed by atoms with E-state index < -0.39 is 0 Å². The summed E-state index contributed by atoms with van der Waals surface area (Å²) in [5.41, 5.74) is 1.41. The van der Waals surface area contributed by atoms with Crippen LogP contribution in [0.1, 0.15) is 0 Å². The van der Waals surface area contributed by atoms with Crippen LogP contribution >= 0.6 is 11.6 Å². The number of rotatable bonds is 3. The van der Waals surface area contributed by atoms with Crippen LogP contribution in [-0.2, 0) is 4.74 Å². The van der Waals surface area contributed by atoms with Crippen molar-refractivity contribution in [3.8, 4) is 0 Å². The molecular weight excluding hydrogens is 112 g/mol. The Balaban J connectivity index is 2.82. The van der Waals surface area contributed by atoms with Crippen molar-refractivity contribution >= 4 is 11.6 Å². The van der Waals surface area contributed by atoms with E-state index in [1.807, 2.05) is 0 Å². The van der Waals surface area contributed by atoms with Gasteiger partial charge in [-0.05, 0) is 6.08 Å². The number of halogens is 1. The smallest absolute Gasteiger partial charge is 0.107 e. The van der Waals surface area contributed by atoms with Crippen LogP contribution < -0.4 is 0 Å². The van der Waals surface area contributed by atoms with E-state index in [-0.39, 0.29) is 0 Å². The first-order valence-corrected chi connectivity index (χ1v) is 2.33. The third kappa shape index (κ3) is 5.57. The molecule has 0 atom stereocenters. The number of ether oxygens (including phenoxy) is 1. The number of hydrogen-bond donors (Lipinski definition) is 0. The molecule has 0 aliphatic rings. The average molecular weight is 119 g/mol. The van der Waals surface area contributed by atoms with Crippen molar-refractivity contribution in [2.24, 2.45) is 0 Å². The third-order valence-electron chi connectivity index (χ3n) is 0.399. The second-order valence-corrected chi connectivity index (χ2v) is 1.11. The molecule has 0 bridgehead atoms. The topological polar surface area (TPSA) is 9.23 Å². The molecule has 0 unspecified atom stereocenters. The van der Waals surface area contributed by atoms with Crippen LogP contribution in [0.15, 0.2) is 24.5 Å². The molecule has 7 heavy (non-hydrogen) atoms. The second kappa shape index (κ2) is 5.57. The fraction of sp³-hybridized carbons (Fsp3) is 0.200. The standard InChI is InChI=1S/C5H7ClO/c1-2-7-5-3-4-6/h2-4H,1,5H2. The summed E-state index contributed by atoms with van der Waals surface area (Å²) in [6.45, 7) is 3.84. The van der Waals surface area contributed by atoms with Gasteiger partial charge in [0.1, 0.15) is 6.61 Å². The van der Waals surface area contributed by atoms with Gasteiger partial charge in [0.25, 0.3) is 0 Å². The Morgan fingerprint density at radius 3 is 2.86 bits per heavy atom.